The molecule has 0 bridgehead atoms. The zero-order chi connectivity index (χ0) is 14.5. The van der Waals surface area contributed by atoms with Crippen molar-refractivity contribution in [2.45, 2.75) is 27.7 Å². The molecule has 0 fully saturated rings. The first-order valence-corrected chi connectivity index (χ1v) is 8.17. The van der Waals surface area contributed by atoms with Gasteiger partial charge in [0.25, 0.3) is 0 Å². The molecule has 1 N–H and O–H groups in total. The van der Waals surface area contributed by atoms with Crippen LogP contribution in [-0.4, -0.2) is 19.7 Å². The first kappa shape index (κ1) is 17.0. The second-order valence-electron chi connectivity index (χ2n) is 6.05. The number of halogens is 2. The summed E-state index contributed by atoms with van der Waals surface area (Å²) in [7, 11) is 0. The van der Waals surface area contributed by atoms with Crippen LogP contribution in [0.1, 0.15) is 27.7 Å². The maximum Gasteiger partial charge on any atom is 0.133 e. The van der Waals surface area contributed by atoms with Gasteiger partial charge in [0.15, 0.2) is 0 Å². The van der Waals surface area contributed by atoms with Crippen molar-refractivity contribution in [3.05, 3.63) is 27.1 Å². The van der Waals surface area contributed by atoms with E-state index in [1.54, 1.807) is 0 Å². The Hall–Kier alpha value is -0.0600. The lowest BCUT2D eigenvalue weighted by Crippen LogP contribution is -2.35. The Bertz CT molecular complexity index is 405. The summed E-state index contributed by atoms with van der Waals surface area (Å²) >= 11 is 6.95. The summed E-state index contributed by atoms with van der Waals surface area (Å²) in [5.41, 5.74) is 0.113. The van der Waals surface area contributed by atoms with Crippen LogP contribution in [0.3, 0.4) is 0 Å². The molecule has 0 radical (unpaired) electrons. The molecule has 2 nitrogen and oxygen atoms in total. The Morgan fingerprint density at radius 3 is 2.53 bits per heavy atom. The van der Waals surface area contributed by atoms with Gasteiger partial charge in [-0.25, -0.2) is 0 Å². The molecule has 0 spiro atoms. The third-order valence-corrected chi connectivity index (χ3v) is 3.78. The molecule has 1 aromatic rings. The molecule has 0 amide bonds. The first-order chi connectivity index (χ1) is 8.80. The van der Waals surface area contributed by atoms with Crippen LogP contribution in [0.2, 0.25) is 0 Å². The van der Waals surface area contributed by atoms with Crippen LogP contribution in [-0.2, 0) is 0 Å². The summed E-state index contributed by atoms with van der Waals surface area (Å²) in [6.45, 7) is 11.6. The maximum absolute atomic E-state index is 5.91. The minimum Gasteiger partial charge on any atom is -0.492 e. The Morgan fingerprint density at radius 2 is 1.95 bits per heavy atom. The van der Waals surface area contributed by atoms with Crippen molar-refractivity contribution in [1.82, 2.24) is 5.32 Å². The molecule has 0 aliphatic carbocycles. The largest absolute Gasteiger partial charge is 0.492 e. The predicted octanol–water partition coefficient (Wildman–Crippen LogP) is 4.86. The highest BCUT2D eigenvalue weighted by Crippen LogP contribution is 2.29. The molecule has 0 aliphatic rings. The maximum atomic E-state index is 5.91. The molecule has 19 heavy (non-hydrogen) atoms. The lowest BCUT2D eigenvalue weighted by atomic mass is 9.94. The average Bonchev–Trinajstić information content (AvgIpc) is 2.27. The zero-order valence-corrected chi connectivity index (χ0v) is 15.3. The van der Waals surface area contributed by atoms with Gasteiger partial charge in [0.1, 0.15) is 5.75 Å². The van der Waals surface area contributed by atoms with Crippen molar-refractivity contribution < 1.29 is 4.74 Å². The van der Waals surface area contributed by atoms with E-state index in [1.807, 2.05) is 18.2 Å². The molecule has 0 aliphatic heterocycles. The molecule has 4 heteroatoms. The van der Waals surface area contributed by atoms with Crippen molar-refractivity contribution in [1.29, 1.82) is 0 Å². The fraction of sp³-hybridized carbons (Fsp3) is 0.600. The van der Waals surface area contributed by atoms with Gasteiger partial charge < -0.3 is 10.1 Å². The average molecular weight is 393 g/mol. The van der Waals surface area contributed by atoms with E-state index in [4.69, 9.17) is 4.74 Å². The molecule has 1 rings (SSSR count). The van der Waals surface area contributed by atoms with Crippen molar-refractivity contribution in [2.24, 2.45) is 11.3 Å². The van der Waals surface area contributed by atoms with E-state index in [0.29, 0.717) is 12.5 Å². The number of hydrogen-bond acceptors (Lipinski definition) is 2. The van der Waals surface area contributed by atoms with Gasteiger partial charge in [-0.2, -0.15) is 0 Å². The fourth-order valence-corrected chi connectivity index (χ4v) is 2.78. The number of benzene rings is 1. The first-order valence-electron chi connectivity index (χ1n) is 6.59. The van der Waals surface area contributed by atoms with E-state index in [-0.39, 0.29) is 5.41 Å². The second-order valence-corrected chi connectivity index (χ2v) is 7.82. The smallest absolute Gasteiger partial charge is 0.133 e. The summed E-state index contributed by atoms with van der Waals surface area (Å²) in [5.74, 6) is 1.57. The van der Waals surface area contributed by atoms with Gasteiger partial charge in [-0.05, 0) is 46.6 Å². The Labute approximate surface area is 133 Å². The molecule has 1 aromatic carbocycles. The van der Waals surface area contributed by atoms with Gasteiger partial charge in [-0.3, -0.25) is 0 Å². The number of ether oxygens (including phenoxy) is 1. The summed E-state index contributed by atoms with van der Waals surface area (Å²) in [5, 5.41) is 3.49. The minimum absolute atomic E-state index is 0.113. The van der Waals surface area contributed by atoms with Gasteiger partial charge in [-0.1, -0.05) is 43.6 Å². The zero-order valence-electron chi connectivity index (χ0n) is 12.1. The third-order valence-electron chi connectivity index (χ3n) is 2.67. The van der Waals surface area contributed by atoms with Crippen LogP contribution in [0, 0.1) is 11.3 Å². The topological polar surface area (TPSA) is 21.3 Å². The number of hydrogen-bond donors (Lipinski definition) is 1. The Kier molecular flexibility index (Phi) is 6.84. The van der Waals surface area contributed by atoms with Crippen molar-refractivity contribution in [3.8, 4) is 5.75 Å². The van der Waals surface area contributed by atoms with Gasteiger partial charge >= 0.3 is 0 Å². The summed E-state index contributed by atoms with van der Waals surface area (Å²) in [6, 6.07) is 5.97. The van der Waals surface area contributed by atoms with Crippen molar-refractivity contribution >= 4 is 31.9 Å². The molecular formula is C15H23Br2NO. The molecular weight excluding hydrogens is 370 g/mol. The number of rotatable bonds is 7. The monoisotopic (exact) mass is 391 g/mol. The second kappa shape index (κ2) is 7.65. The van der Waals surface area contributed by atoms with Crippen molar-refractivity contribution in [2.75, 3.05) is 19.7 Å². The lowest BCUT2D eigenvalue weighted by molar-refractivity contribution is 0.174. The molecule has 0 saturated carbocycles. The highest BCUT2D eigenvalue weighted by molar-refractivity contribution is 9.11. The van der Waals surface area contributed by atoms with E-state index in [9.17, 15) is 0 Å². The Balaban J connectivity index is 2.45. The van der Waals surface area contributed by atoms with Crippen LogP contribution in [0.5, 0.6) is 5.75 Å². The quantitative estimate of drug-likeness (QED) is 0.715. The van der Waals surface area contributed by atoms with Gasteiger partial charge in [0.05, 0.1) is 11.1 Å². The standard InChI is InChI=1S/C15H23Br2NO/c1-11(2)8-18-9-15(3,4)10-19-14-6-5-12(16)7-13(14)17/h5-7,11,18H,8-10H2,1-4H3. The normalized spacial score (nSPS) is 11.9. The van der Waals surface area contributed by atoms with Crippen LogP contribution in [0.25, 0.3) is 0 Å². The highest BCUT2D eigenvalue weighted by Gasteiger charge is 2.19. The molecule has 0 unspecified atom stereocenters. The Morgan fingerprint density at radius 1 is 1.26 bits per heavy atom. The fourth-order valence-electron chi connectivity index (χ4n) is 1.62. The molecule has 108 valence electrons. The molecule has 0 atom stereocenters. The molecule has 0 saturated heterocycles. The van der Waals surface area contributed by atoms with Crippen LogP contribution in [0.4, 0.5) is 0 Å². The van der Waals surface area contributed by atoms with Crippen LogP contribution in [0.15, 0.2) is 27.1 Å². The minimum atomic E-state index is 0.113. The molecule has 0 heterocycles. The predicted molar refractivity (Wildman–Crippen MR) is 88.8 cm³/mol. The lowest BCUT2D eigenvalue weighted by Gasteiger charge is -2.26. The number of nitrogens with one attached hydrogen (secondary N) is 1. The van der Waals surface area contributed by atoms with Gasteiger partial charge in [0, 0.05) is 16.4 Å². The summed E-state index contributed by atoms with van der Waals surface area (Å²) < 4.78 is 7.93. The third kappa shape index (κ3) is 6.77. The van der Waals surface area contributed by atoms with Crippen LogP contribution < -0.4 is 10.1 Å². The van der Waals surface area contributed by atoms with Crippen molar-refractivity contribution in [3.63, 3.8) is 0 Å². The molecule has 0 aromatic heterocycles. The summed E-state index contributed by atoms with van der Waals surface area (Å²) in [4.78, 5) is 0. The van der Waals surface area contributed by atoms with Gasteiger partial charge in [-0.15, -0.1) is 0 Å². The van der Waals surface area contributed by atoms with E-state index in [2.05, 4.69) is 64.9 Å². The van der Waals surface area contributed by atoms with E-state index < -0.39 is 0 Å². The summed E-state index contributed by atoms with van der Waals surface area (Å²) in [6.07, 6.45) is 0. The van der Waals surface area contributed by atoms with E-state index >= 15 is 0 Å². The van der Waals surface area contributed by atoms with Crippen LogP contribution >= 0.6 is 31.9 Å². The SMILES string of the molecule is CC(C)CNCC(C)(C)COc1ccc(Br)cc1Br. The van der Waals surface area contributed by atoms with E-state index in [1.165, 1.54) is 0 Å². The van der Waals surface area contributed by atoms with E-state index in [0.717, 1.165) is 27.8 Å². The highest BCUT2D eigenvalue weighted by atomic mass is 79.9. The van der Waals surface area contributed by atoms with Gasteiger partial charge in [0.2, 0.25) is 0 Å².